The van der Waals surface area contributed by atoms with Gasteiger partial charge in [0.05, 0.1) is 19.0 Å². The van der Waals surface area contributed by atoms with Crippen LogP contribution in [-0.4, -0.2) is 48.6 Å². The van der Waals surface area contributed by atoms with Crippen LogP contribution >= 0.6 is 11.6 Å². The van der Waals surface area contributed by atoms with Crippen molar-refractivity contribution in [1.82, 2.24) is 10.2 Å². The van der Waals surface area contributed by atoms with Gasteiger partial charge in [-0.3, -0.25) is 9.59 Å². The smallest absolute Gasteiger partial charge is 0.236 e. The van der Waals surface area contributed by atoms with E-state index in [1.165, 1.54) is 4.90 Å². The van der Waals surface area contributed by atoms with Crippen molar-refractivity contribution in [2.24, 2.45) is 0 Å². The van der Waals surface area contributed by atoms with Gasteiger partial charge in [0.1, 0.15) is 0 Å². The highest BCUT2D eigenvalue weighted by atomic mass is 35.5. The SMILES string of the molecule is O=C(CCl)CN1CCNCC1=O. The number of ketones is 1. The largest absolute Gasteiger partial charge is 0.333 e. The van der Waals surface area contributed by atoms with E-state index in [2.05, 4.69) is 5.32 Å². The molecule has 0 bridgehead atoms. The quantitative estimate of drug-likeness (QED) is 0.595. The molecule has 0 aromatic rings. The number of Topliss-reactive ketones (excluding diaryl/α,β-unsaturated/α-hetero) is 1. The molecule has 0 spiro atoms. The van der Waals surface area contributed by atoms with Crippen molar-refractivity contribution in [1.29, 1.82) is 0 Å². The lowest BCUT2D eigenvalue weighted by Gasteiger charge is -2.26. The van der Waals surface area contributed by atoms with Gasteiger partial charge in [0.2, 0.25) is 5.91 Å². The van der Waals surface area contributed by atoms with Crippen LogP contribution in [-0.2, 0) is 9.59 Å². The fraction of sp³-hybridized carbons (Fsp3) is 0.714. The Bertz CT molecular complexity index is 196. The first-order chi connectivity index (χ1) is 5.74. The molecule has 1 rings (SSSR count). The molecule has 1 amide bonds. The molecule has 5 heteroatoms. The van der Waals surface area contributed by atoms with Gasteiger partial charge in [-0.25, -0.2) is 0 Å². The molecule has 1 aliphatic rings. The van der Waals surface area contributed by atoms with Crippen molar-refractivity contribution < 1.29 is 9.59 Å². The maximum absolute atomic E-state index is 11.1. The van der Waals surface area contributed by atoms with Crippen molar-refractivity contribution >= 4 is 23.3 Å². The average Bonchev–Trinajstić information content (AvgIpc) is 2.09. The van der Waals surface area contributed by atoms with Crippen LogP contribution in [0.15, 0.2) is 0 Å². The van der Waals surface area contributed by atoms with Crippen molar-refractivity contribution in [3.8, 4) is 0 Å². The molecule has 1 heterocycles. The molecular formula is C7H11ClN2O2. The maximum atomic E-state index is 11.1. The summed E-state index contributed by atoms with van der Waals surface area (Å²) < 4.78 is 0. The Labute approximate surface area is 75.9 Å². The number of nitrogens with one attached hydrogen (secondary N) is 1. The zero-order valence-electron chi connectivity index (χ0n) is 6.68. The van der Waals surface area contributed by atoms with Crippen molar-refractivity contribution in [3.05, 3.63) is 0 Å². The first kappa shape index (κ1) is 9.48. The number of nitrogens with zero attached hydrogens (tertiary/aromatic N) is 1. The van der Waals surface area contributed by atoms with Gasteiger partial charge in [-0.2, -0.15) is 0 Å². The van der Waals surface area contributed by atoms with Crippen LogP contribution in [0, 0.1) is 0 Å². The lowest BCUT2D eigenvalue weighted by molar-refractivity contribution is -0.135. The molecule has 0 atom stereocenters. The Morgan fingerprint density at radius 3 is 3.00 bits per heavy atom. The second kappa shape index (κ2) is 4.42. The molecule has 4 nitrogen and oxygen atoms in total. The summed E-state index contributed by atoms with van der Waals surface area (Å²) in [6.07, 6.45) is 0. The summed E-state index contributed by atoms with van der Waals surface area (Å²) in [5.41, 5.74) is 0. The standard InChI is InChI=1S/C7H11ClN2O2/c8-3-6(11)5-10-2-1-9-4-7(10)12/h9H,1-5H2. The Morgan fingerprint density at radius 2 is 2.42 bits per heavy atom. The molecular weight excluding hydrogens is 180 g/mol. The lowest BCUT2D eigenvalue weighted by atomic mass is 10.3. The summed E-state index contributed by atoms with van der Waals surface area (Å²) in [5.74, 6) is -0.149. The average molecular weight is 191 g/mol. The van der Waals surface area contributed by atoms with Gasteiger partial charge in [-0.05, 0) is 0 Å². The van der Waals surface area contributed by atoms with Crippen LogP contribution in [0.3, 0.4) is 0 Å². The molecule has 1 aliphatic heterocycles. The van der Waals surface area contributed by atoms with Gasteiger partial charge >= 0.3 is 0 Å². The highest BCUT2D eigenvalue weighted by Crippen LogP contribution is 1.94. The van der Waals surface area contributed by atoms with E-state index in [-0.39, 0.29) is 24.1 Å². The fourth-order valence-electron chi connectivity index (χ4n) is 1.07. The van der Waals surface area contributed by atoms with E-state index in [1.54, 1.807) is 0 Å². The van der Waals surface area contributed by atoms with Crippen LogP contribution in [0.1, 0.15) is 0 Å². The van der Waals surface area contributed by atoms with Crippen molar-refractivity contribution in [3.63, 3.8) is 0 Å². The van der Waals surface area contributed by atoms with Crippen LogP contribution in [0.5, 0.6) is 0 Å². The Balaban J connectivity index is 2.39. The predicted molar refractivity (Wildman–Crippen MR) is 45.2 cm³/mol. The van der Waals surface area contributed by atoms with Crippen LogP contribution in [0.25, 0.3) is 0 Å². The molecule has 0 unspecified atom stereocenters. The van der Waals surface area contributed by atoms with Crippen LogP contribution in [0.4, 0.5) is 0 Å². The number of piperazine rings is 1. The topological polar surface area (TPSA) is 49.4 Å². The number of hydrogen-bond acceptors (Lipinski definition) is 3. The highest BCUT2D eigenvalue weighted by Gasteiger charge is 2.19. The Hall–Kier alpha value is -0.610. The van der Waals surface area contributed by atoms with Gasteiger partial charge in [0.25, 0.3) is 0 Å². The summed E-state index contributed by atoms with van der Waals surface area (Å²) in [7, 11) is 0. The van der Waals surface area contributed by atoms with E-state index >= 15 is 0 Å². The van der Waals surface area contributed by atoms with E-state index in [9.17, 15) is 9.59 Å². The molecule has 12 heavy (non-hydrogen) atoms. The number of hydrogen-bond donors (Lipinski definition) is 1. The van der Waals surface area contributed by atoms with Gasteiger partial charge < -0.3 is 10.2 Å². The molecule has 0 aromatic heterocycles. The normalized spacial score (nSPS) is 18.1. The number of halogens is 1. The molecule has 1 N–H and O–H groups in total. The summed E-state index contributed by atoms with van der Waals surface area (Å²) in [6, 6.07) is 0. The molecule has 1 fully saturated rings. The minimum absolute atomic E-state index is 0.0167. The number of carbonyl (C=O) groups is 2. The number of carbonyl (C=O) groups excluding carboxylic acids is 2. The van der Waals surface area contributed by atoms with Crippen LogP contribution in [0.2, 0.25) is 0 Å². The molecule has 1 saturated heterocycles. The van der Waals surface area contributed by atoms with Gasteiger partial charge in [-0.15, -0.1) is 11.6 Å². The zero-order valence-corrected chi connectivity index (χ0v) is 7.43. The zero-order chi connectivity index (χ0) is 8.97. The minimum atomic E-state index is -0.105. The van der Waals surface area contributed by atoms with Crippen LogP contribution < -0.4 is 5.32 Å². The lowest BCUT2D eigenvalue weighted by Crippen LogP contribution is -2.49. The fourth-order valence-corrected chi connectivity index (χ4v) is 1.15. The highest BCUT2D eigenvalue weighted by molar-refractivity contribution is 6.28. The van der Waals surface area contributed by atoms with Gasteiger partial charge in [0.15, 0.2) is 5.78 Å². The number of amides is 1. The second-order valence-corrected chi connectivity index (χ2v) is 2.93. The number of rotatable bonds is 3. The van der Waals surface area contributed by atoms with E-state index in [1.807, 2.05) is 0 Å². The van der Waals surface area contributed by atoms with E-state index in [0.717, 1.165) is 6.54 Å². The Kier molecular flexibility index (Phi) is 3.49. The summed E-state index contributed by atoms with van der Waals surface area (Å²) in [4.78, 5) is 23.5. The molecule has 0 aromatic carbocycles. The summed E-state index contributed by atoms with van der Waals surface area (Å²) >= 11 is 5.32. The molecule has 0 saturated carbocycles. The van der Waals surface area contributed by atoms with Gasteiger partial charge in [0, 0.05) is 13.1 Å². The Morgan fingerprint density at radius 1 is 1.67 bits per heavy atom. The predicted octanol–water partition coefficient (Wildman–Crippen LogP) is -0.774. The van der Waals surface area contributed by atoms with Crippen molar-refractivity contribution in [2.75, 3.05) is 32.1 Å². The first-order valence-electron chi connectivity index (χ1n) is 3.80. The van der Waals surface area contributed by atoms with E-state index < -0.39 is 0 Å². The maximum Gasteiger partial charge on any atom is 0.236 e. The van der Waals surface area contributed by atoms with Crippen molar-refractivity contribution in [2.45, 2.75) is 0 Å². The third-order valence-electron chi connectivity index (χ3n) is 1.70. The monoisotopic (exact) mass is 190 g/mol. The third-order valence-corrected chi connectivity index (χ3v) is 2.00. The summed E-state index contributed by atoms with van der Waals surface area (Å²) in [6.45, 7) is 1.84. The minimum Gasteiger partial charge on any atom is -0.333 e. The molecule has 0 radical (unpaired) electrons. The molecule has 68 valence electrons. The molecule has 0 aliphatic carbocycles. The third kappa shape index (κ3) is 2.46. The number of alkyl halides is 1. The first-order valence-corrected chi connectivity index (χ1v) is 4.33. The summed E-state index contributed by atoms with van der Waals surface area (Å²) in [5, 5.41) is 2.92. The van der Waals surface area contributed by atoms with Gasteiger partial charge in [-0.1, -0.05) is 0 Å². The van der Waals surface area contributed by atoms with E-state index in [4.69, 9.17) is 11.6 Å². The van der Waals surface area contributed by atoms with E-state index in [0.29, 0.717) is 13.1 Å². The second-order valence-electron chi connectivity index (χ2n) is 2.66.